The van der Waals surface area contributed by atoms with E-state index in [9.17, 15) is 0 Å². The molecule has 1 aliphatic rings. The Labute approximate surface area is 72.7 Å². The van der Waals surface area contributed by atoms with Crippen LogP contribution in [0.2, 0.25) is 0 Å². The number of hydrogen-bond donors (Lipinski definition) is 1. The van der Waals surface area contributed by atoms with Gasteiger partial charge >= 0.3 is 0 Å². The molecule has 0 aromatic rings. The average Bonchev–Trinajstić information content (AvgIpc) is 2.14. The third-order valence-electron chi connectivity index (χ3n) is 1.55. The van der Waals surface area contributed by atoms with Crippen LogP contribution in [0.1, 0.15) is 19.8 Å². The van der Waals surface area contributed by atoms with Crippen LogP contribution in [0.4, 0.5) is 0 Å². The summed E-state index contributed by atoms with van der Waals surface area (Å²) in [5.74, 6) is 0. The molecule has 0 unspecified atom stereocenters. The zero-order valence-corrected chi connectivity index (χ0v) is 7.42. The number of aliphatic imine (C=N–C) groups is 1. The Hall–Kier alpha value is -1.06. The number of unbranched alkanes of at least 4 members (excludes halogenated alkanes) is 1. The van der Waals surface area contributed by atoms with Crippen molar-refractivity contribution in [1.82, 2.24) is 5.32 Å². The maximum Gasteiger partial charge on any atom is 0.117 e. The van der Waals surface area contributed by atoms with Gasteiger partial charge in [0.2, 0.25) is 0 Å². The van der Waals surface area contributed by atoms with Crippen molar-refractivity contribution in [2.45, 2.75) is 19.8 Å². The van der Waals surface area contributed by atoms with Crippen LogP contribution in [0.25, 0.3) is 0 Å². The second kappa shape index (κ2) is 5.57. The first-order valence-electron chi connectivity index (χ1n) is 4.33. The third kappa shape index (κ3) is 3.37. The van der Waals surface area contributed by atoms with Crippen molar-refractivity contribution in [3.8, 4) is 0 Å². The number of nitrogens with zero attached hydrogens (tertiary/aromatic N) is 2. The Bertz CT molecular complexity index is 177. The standard InChI is InChI=1S/C8H15N3O/c1-2-3-4-12-11-8-5-9-7-10-6-8/h7H,2-6H2,1H3,(H,9,10). The van der Waals surface area contributed by atoms with Crippen molar-refractivity contribution in [3.63, 3.8) is 0 Å². The Morgan fingerprint density at radius 1 is 1.75 bits per heavy atom. The summed E-state index contributed by atoms with van der Waals surface area (Å²) in [6, 6.07) is 0. The summed E-state index contributed by atoms with van der Waals surface area (Å²) in [6.07, 6.45) is 3.90. The number of hydrogen-bond acceptors (Lipinski definition) is 4. The van der Waals surface area contributed by atoms with Gasteiger partial charge in [-0.05, 0) is 6.42 Å². The van der Waals surface area contributed by atoms with Crippen molar-refractivity contribution < 1.29 is 4.84 Å². The zero-order chi connectivity index (χ0) is 8.65. The van der Waals surface area contributed by atoms with E-state index in [-0.39, 0.29) is 0 Å². The molecule has 1 N–H and O–H groups in total. The lowest BCUT2D eigenvalue weighted by atomic mass is 10.3. The summed E-state index contributed by atoms with van der Waals surface area (Å²) in [5.41, 5.74) is 0.966. The van der Waals surface area contributed by atoms with Gasteiger partial charge in [0.15, 0.2) is 0 Å². The zero-order valence-electron chi connectivity index (χ0n) is 7.42. The SMILES string of the molecule is CCCCO/N=C1/CN=CNC1. The molecule has 0 fully saturated rings. The molecule has 0 radical (unpaired) electrons. The Balaban J connectivity index is 2.13. The van der Waals surface area contributed by atoms with Crippen LogP contribution in [-0.4, -0.2) is 31.7 Å². The first kappa shape index (κ1) is 9.03. The summed E-state index contributed by atoms with van der Waals surface area (Å²) in [6.45, 7) is 4.27. The summed E-state index contributed by atoms with van der Waals surface area (Å²) in [4.78, 5) is 9.10. The maximum absolute atomic E-state index is 5.09. The van der Waals surface area contributed by atoms with Crippen molar-refractivity contribution >= 4 is 12.1 Å². The highest BCUT2D eigenvalue weighted by Crippen LogP contribution is 1.90. The first-order valence-corrected chi connectivity index (χ1v) is 4.33. The highest BCUT2D eigenvalue weighted by atomic mass is 16.6. The molecule has 1 aliphatic heterocycles. The molecule has 12 heavy (non-hydrogen) atoms. The van der Waals surface area contributed by atoms with E-state index >= 15 is 0 Å². The van der Waals surface area contributed by atoms with Crippen LogP contribution in [0.3, 0.4) is 0 Å². The number of oxime groups is 1. The molecule has 0 amide bonds. The molecule has 0 saturated carbocycles. The van der Waals surface area contributed by atoms with Gasteiger partial charge in [-0.3, -0.25) is 4.99 Å². The normalized spacial score (nSPS) is 19.2. The lowest BCUT2D eigenvalue weighted by Gasteiger charge is -2.07. The molecule has 0 bridgehead atoms. The second-order valence-corrected chi connectivity index (χ2v) is 2.69. The molecule has 68 valence electrons. The highest BCUT2D eigenvalue weighted by molar-refractivity contribution is 5.91. The van der Waals surface area contributed by atoms with Crippen molar-refractivity contribution in [2.24, 2.45) is 10.1 Å². The van der Waals surface area contributed by atoms with Crippen molar-refractivity contribution in [1.29, 1.82) is 0 Å². The molecule has 0 aromatic heterocycles. The molecular formula is C8H15N3O. The number of nitrogens with one attached hydrogen (secondary N) is 1. The van der Waals surface area contributed by atoms with E-state index in [1.165, 1.54) is 0 Å². The van der Waals surface area contributed by atoms with Crippen LogP contribution in [0.15, 0.2) is 10.1 Å². The van der Waals surface area contributed by atoms with E-state index in [1.54, 1.807) is 6.34 Å². The van der Waals surface area contributed by atoms with E-state index in [0.29, 0.717) is 13.2 Å². The van der Waals surface area contributed by atoms with Gasteiger partial charge in [0.05, 0.1) is 25.1 Å². The lowest BCUT2D eigenvalue weighted by Crippen LogP contribution is -2.28. The Morgan fingerprint density at radius 2 is 2.67 bits per heavy atom. The van der Waals surface area contributed by atoms with E-state index in [4.69, 9.17) is 4.84 Å². The molecule has 0 aliphatic carbocycles. The molecular weight excluding hydrogens is 154 g/mol. The Morgan fingerprint density at radius 3 is 3.33 bits per heavy atom. The summed E-state index contributed by atoms with van der Waals surface area (Å²) >= 11 is 0. The predicted octanol–water partition coefficient (Wildman–Crippen LogP) is 0.791. The van der Waals surface area contributed by atoms with E-state index < -0.39 is 0 Å². The average molecular weight is 169 g/mol. The molecule has 1 heterocycles. The quantitative estimate of drug-likeness (QED) is 0.499. The fraction of sp³-hybridized carbons (Fsp3) is 0.750. The van der Waals surface area contributed by atoms with Gasteiger partial charge in [0.25, 0.3) is 0 Å². The van der Waals surface area contributed by atoms with Crippen LogP contribution >= 0.6 is 0 Å². The van der Waals surface area contributed by atoms with E-state index in [1.807, 2.05) is 0 Å². The predicted molar refractivity (Wildman–Crippen MR) is 49.7 cm³/mol. The second-order valence-electron chi connectivity index (χ2n) is 2.69. The maximum atomic E-state index is 5.09. The fourth-order valence-corrected chi connectivity index (χ4v) is 0.842. The molecule has 0 saturated heterocycles. The van der Waals surface area contributed by atoms with Gasteiger partial charge in [0.1, 0.15) is 6.61 Å². The van der Waals surface area contributed by atoms with E-state index in [0.717, 1.165) is 25.1 Å². The van der Waals surface area contributed by atoms with Crippen LogP contribution < -0.4 is 5.32 Å². The molecule has 1 rings (SSSR count). The first-order chi connectivity index (χ1) is 5.93. The van der Waals surface area contributed by atoms with Gasteiger partial charge in [-0.2, -0.15) is 0 Å². The highest BCUT2D eigenvalue weighted by Gasteiger charge is 2.01. The minimum atomic E-state index is 0.666. The minimum absolute atomic E-state index is 0.666. The molecule has 0 atom stereocenters. The monoisotopic (exact) mass is 169 g/mol. The Kier molecular flexibility index (Phi) is 4.19. The van der Waals surface area contributed by atoms with Gasteiger partial charge in [-0.25, -0.2) is 0 Å². The van der Waals surface area contributed by atoms with Gasteiger partial charge in [-0.1, -0.05) is 18.5 Å². The van der Waals surface area contributed by atoms with Gasteiger partial charge in [0, 0.05) is 0 Å². The van der Waals surface area contributed by atoms with Crippen LogP contribution in [0.5, 0.6) is 0 Å². The molecule has 4 nitrogen and oxygen atoms in total. The van der Waals surface area contributed by atoms with Crippen LogP contribution in [-0.2, 0) is 4.84 Å². The molecule has 0 aromatic carbocycles. The van der Waals surface area contributed by atoms with E-state index in [2.05, 4.69) is 22.4 Å². The number of rotatable bonds is 4. The summed E-state index contributed by atoms with van der Waals surface area (Å²) in [7, 11) is 0. The molecule has 4 heteroatoms. The largest absolute Gasteiger partial charge is 0.396 e. The third-order valence-corrected chi connectivity index (χ3v) is 1.55. The minimum Gasteiger partial charge on any atom is -0.396 e. The van der Waals surface area contributed by atoms with Gasteiger partial charge in [-0.15, -0.1) is 0 Å². The van der Waals surface area contributed by atoms with Crippen molar-refractivity contribution in [2.75, 3.05) is 19.7 Å². The lowest BCUT2D eigenvalue weighted by molar-refractivity contribution is 0.140. The van der Waals surface area contributed by atoms with Gasteiger partial charge < -0.3 is 10.2 Å². The topological polar surface area (TPSA) is 46.0 Å². The fourth-order valence-electron chi connectivity index (χ4n) is 0.842. The smallest absolute Gasteiger partial charge is 0.117 e. The molecule has 0 spiro atoms. The van der Waals surface area contributed by atoms with Crippen LogP contribution in [0, 0.1) is 0 Å². The summed E-state index contributed by atoms with van der Waals surface area (Å²) in [5, 5.41) is 6.93. The summed E-state index contributed by atoms with van der Waals surface area (Å²) < 4.78 is 0. The van der Waals surface area contributed by atoms with Crippen molar-refractivity contribution in [3.05, 3.63) is 0 Å².